The number of para-hydroxylation sites is 1. The van der Waals surface area contributed by atoms with Gasteiger partial charge in [-0.1, -0.05) is 66.7 Å². The molecule has 4 heteroatoms. The molecule has 0 aromatic heterocycles. The maximum Gasteiger partial charge on any atom is 0.250 e. The summed E-state index contributed by atoms with van der Waals surface area (Å²) in [5.41, 5.74) is 9.01. The zero-order valence-electron chi connectivity index (χ0n) is 14.1. The van der Waals surface area contributed by atoms with Crippen molar-refractivity contribution in [2.24, 2.45) is 5.73 Å². The smallest absolute Gasteiger partial charge is 0.250 e. The molecule has 0 aliphatic rings. The molecule has 0 unspecified atom stereocenters. The number of nitrogens with one attached hydrogen (secondary N) is 1. The third-order valence-corrected chi connectivity index (χ3v) is 3.94. The molecule has 0 aliphatic carbocycles. The van der Waals surface area contributed by atoms with Crippen LogP contribution in [0.25, 0.3) is 11.1 Å². The van der Waals surface area contributed by atoms with Crippen LogP contribution in [0.15, 0.2) is 91.1 Å². The number of allylic oxidation sites excluding steroid dienone is 1. The Labute approximate surface area is 152 Å². The van der Waals surface area contributed by atoms with Gasteiger partial charge in [0, 0.05) is 17.8 Å². The fourth-order valence-electron chi connectivity index (χ4n) is 2.58. The summed E-state index contributed by atoms with van der Waals surface area (Å²) < 4.78 is 0. The third kappa shape index (κ3) is 4.05. The van der Waals surface area contributed by atoms with Crippen molar-refractivity contribution in [2.45, 2.75) is 0 Å². The van der Waals surface area contributed by atoms with Crippen LogP contribution in [-0.2, 0) is 0 Å². The number of primary amides is 1. The number of benzene rings is 3. The Balaban J connectivity index is 1.69. The molecular formula is C22H18N2O2. The standard InChI is InChI=1S/C22H18N2O2/c23-22(26)19-8-4-5-9-20(19)24-15-14-21(25)18-12-10-17(11-13-18)16-6-2-1-3-7-16/h1-15,24H,(H2,23,26). The van der Waals surface area contributed by atoms with Crippen molar-refractivity contribution in [3.8, 4) is 11.1 Å². The van der Waals surface area contributed by atoms with Gasteiger partial charge >= 0.3 is 0 Å². The largest absolute Gasteiger partial charge is 0.366 e. The van der Waals surface area contributed by atoms with E-state index in [-0.39, 0.29) is 5.78 Å². The average Bonchev–Trinajstić information content (AvgIpc) is 2.69. The van der Waals surface area contributed by atoms with Crippen LogP contribution < -0.4 is 11.1 Å². The minimum Gasteiger partial charge on any atom is -0.366 e. The number of carbonyl (C=O) groups is 2. The molecule has 0 atom stereocenters. The summed E-state index contributed by atoms with van der Waals surface area (Å²) in [4.78, 5) is 23.7. The van der Waals surface area contributed by atoms with E-state index in [1.807, 2.05) is 42.5 Å². The molecule has 0 aliphatic heterocycles. The maximum atomic E-state index is 12.3. The van der Waals surface area contributed by atoms with E-state index in [0.29, 0.717) is 16.8 Å². The van der Waals surface area contributed by atoms with E-state index >= 15 is 0 Å². The predicted octanol–water partition coefficient (Wildman–Crippen LogP) is 4.26. The van der Waals surface area contributed by atoms with Crippen LogP contribution in [0.4, 0.5) is 5.69 Å². The lowest BCUT2D eigenvalue weighted by molar-refractivity contribution is 0.0999. The number of rotatable bonds is 6. The van der Waals surface area contributed by atoms with Crippen LogP contribution in [-0.4, -0.2) is 11.7 Å². The Morgan fingerprint density at radius 2 is 1.38 bits per heavy atom. The van der Waals surface area contributed by atoms with Gasteiger partial charge in [0.2, 0.25) is 0 Å². The molecule has 0 heterocycles. The van der Waals surface area contributed by atoms with Crippen molar-refractivity contribution in [3.05, 3.63) is 102 Å². The quantitative estimate of drug-likeness (QED) is 0.519. The van der Waals surface area contributed by atoms with Crippen LogP contribution in [0.2, 0.25) is 0 Å². The molecule has 3 rings (SSSR count). The van der Waals surface area contributed by atoms with E-state index in [1.54, 1.807) is 36.4 Å². The van der Waals surface area contributed by atoms with Crippen molar-refractivity contribution in [1.29, 1.82) is 0 Å². The Bertz CT molecular complexity index is 945. The first kappa shape index (κ1) is 17.2. The third-order valence-electron chi connectivity index (χ3n) is 3.94. The van der Waals surface area contributed by atoms with Gasteiger partial charge in [-0.3, -0.25) is 9.59 Å². The summed E-state index contributed by atoms with van der Waals surface area (Å²) in [7, 11) is 0. The van der Waals surface area contributed by atoms with Crippen LogP contribution >= 0.6 is 0 Å². The zero-order chi connectivity index (χ0) is 18.4. The molecule has 3 N–H and O–H groups in total. The number of anilines is 1. The fraction of sp³-hybridized carbons (Fsp3) is 0. The highest BCUT2D eigenvalue weighted by Crippen LogP contribution is 2.19. The van der Waals surface area contributed by atoms with Gasteiger partial charge in [0.1, 0.15) is 0 Å². The molecule has 0 bridgehead atoms. The predicted molar refractivity (Wildman–Crippen MR) is 104 cm³/mol. The molecule has 4 nitrogen and oxygen atoms in total. The van der Waals surface area contributed by atoms with E-state index in [4.69, 9.17) is 5.73 Å². The molecule has 0 saturated carbocycles. The lowest BCUT2D eigenvalue weighted by atomic mass is 10.0. The highest BCUT2D eigenvalue weighted by atomic mass is 16.1. The molecule has 128 valence electrons. The number of hydrogen-bond acceptors (Lipinski definition) is 3. The number of hydrogen-bond donors (Lipinski definition) is 2. The average molecular weight is 342 g/mol. The Morgan fingerprint density at radius 1 is 0.769 bits per heavy atom. The van der Waals surface area contributed by atoms with Gasteiger partial charge < -0.3 is 11.1 Å². The molecule has 0 radical (unpaired) electrons. The van der Waals surface area contributed by atoms with Crippen LogP contribution in [0.1, 0.15) is 20.7 Å². The van der Waals surface area contributed by atoms with Crippen molar-refractivity contribution in [3.63, 3.8) is 0 Å². The minimum absolute atomic E-state index is 0.131. The van der Waals surface area contributed by atoms with Gasteiger partial charge in [0.05, 0.1) is 11.3 Å². The van der Waals surface area contributed by atoms with Crippen LogP contribution in [0.5, 0.6) is 0 Å². The van der Waals surface area contributed by atoms with E-state index in [0.717, 1.165) is 11.1 Å². The highest BCUT2D eigenvalue weighted by Gasteiger charge is 2.06. The normalized spacial score (nSPS) is 10.6. The monoisotopic (exact) mass is 342 g/mol. The summed E-state index contributed by atoms with van der Waals surface area (Å²) in [6, 6.07) is 24.3. The Hall–Kier alpha value is -3.66. The molecular weight excluding hydrogens is 324 g/mol. The van der Waals surface area contributed by atoms with Gasteiger partial charge in [-0.25, -0.2) is 0 Å². The van der Waals surface area contributed by atoms with Crippen molar-refractivity contribution < 1.29 is 9.59 Å². The second kappa shape index (κ2) is 7.94. The molecule has 1 amide bonds. The molecule has 0 saturated heterocycles. The van der Waals surface area contributed by atoms with E-state index in [9.17, 15) is 9.59 Å². The van der Waals surface area contributed by atoms with Crippen molar-refractivity contribution >= 4 is 17.4 Å². The summed E-state index contributed by atoms with van der Waals surface area (Å²) in [5, 5.41) is 2.93. The second-order valence-corrected chi connectivity index (χ2v) is 5.70. The van der Waals surface area contributed by atoms with Gasteiger partial charge in [-0.15, -0.1) is 0 Å². The first-order chi connectivity index (χ1) is 12.6. The second-order valence-electron chi connectivity index (χ2n) is 5.70. The van der Waals surface area contributed by atoms with Crippen molar-refractivity contribution in [1.82, 2.24) is 0 Å². The Morgan fingerprint density at radius 3 is 2.08 bits per heavy atom. The van der Waals surface area contributed by atoms with E-state index in [2.05, 4.69) is 5.32 Å². The van der Waals surface area contributed by atoms with E-state index in [1.165, 1.54) is 12.3 Å². The first-order valence-corrected chi connectivity index (χ1v) is 8.17. The molecule has 3 aromatic carbocycles. The highest BCUT2D eigenvalue weighted by molar-refractivity contribution is 6.05. The molecule has 26 heavy (non-hydrogen) atoms. The van der Waals surface area contributed by atoms with E-state index < -0.39 is 5.91 Å². The van der Waals surface area contributed by atoms with Gasteiger partial charge in [0.25, 0.3) is 5.91 Å². The lowest BCUT2D eigenvalue weighted by Crippen LogP contribution is -2.13. The number of carbonyl (C=O) groups excluding carboxylic acids is 2. The molecule has 0 spiro atoms. The van der Waals surface area contributed by atoms with Crippen molar-refractivity contribution in [2.75, 3.05) is 5.32 Å². The van der Waals surface area contributed by atoms with Gasteiger partial charge in [-0.05, 0) is 23.3 Å². The summed E-state index contributed by atoms with van der Waals surface area (Å²) >= 11 is 0. The Kier molecular flexibility index (Phi) is 5.25. The number of amides is 1. The SMILES string of the molecule is NC(=O)c1ccccc1NC=CC(=O)c1ccc(-c2ccccc2)cc1. The summed E-state index contributed by atoms with van der Waals surface area (Å²) in [6.45, 7) is 0. The summed E-state index contributed by atoms with van der Waals surface area (Å²) in [5.74, 6) is -0.655. The number of nitrogens with two attached hydrogens (primary N) is 1. The fourth-order valence-corrected chi connectivity index (χ4v) is 2.58. The topological polar surface area (TPSA) is 72.2 Å². The van der Waals surface area contributed by atoms with Crippen LogP contribution in [0, 0.1) is 0 Å². The van der Waals surface area contributed by atoms with Crippen LogP contribution in [0.3, 0.4) is 0 Å². The summed E-state index contributed by atoms with van der Waals surface area (Å²) in [6.07, 6.45) is 2.94. The lowest BCUT2D eigenvalue weighted by Gasteiger charge is -2.05. The van der Waals surface area contributed by atoms with Gasteiger partial charge in [-0.2, -0.15) is 0 Å². The number of ketones is 1. The molecule has 3 aromatic rings. The van der Waals surface area contributed by atoms with Gasteiger partial charge in [0.15, 0.2) is 5.78 Å². The minimum atomic E-state index is -0.524. The molecule has 0 fully saturated rings. The maximum absolute atomic E-state index is 12.3. The first-order valence-electron chi connectivity index (χ1n) is 8.17. The zero-order valence-corrected chi connectivity index (χ0v) is 14.1.